The maximum absolute atomic E-state index is 12.1. The van der Waals surface area contributed by atoms with Crippen LogP contribution in [0.2, 0.25) is 0 Å². The molecule has 1 aliphatic heterocycles. The van der Waals surface area contributed by atoms with Crippen LogP contribution in [-0.4, -0.2) is 41.6 Å². The van der Waals surface area contributed by atoms with E-state index >= 15 is 0 Å². The van der Waals surface area contributed by atoms with Crippen molar-refractivity contribution in [3.05, 3.63) is 17.5 Å². The molecule has 0 spiro atoms. The molecule has 1 N–H and O–H groups in total. The normalized spacial score (nSPS) is 26.9. The van der Waals surface area contributed by atoms with Gasteiger partial charge in [0, 0.05) is 37.7 Å². The van der Waals surface area contributed by atoms with Gasteiger partial charge in [-0.15, -0.1) is 0 Å². The number of carbonyl (C=O) groups is 1. The van der Waals surface area contributed by atoms with Crippen molar-refractivity contribution in [3.63, 3.8) is 0 Å². The summed E-state index contributed by atoms with van der Waals surface area (Å²) in [6.07, 6.45) is 6.14. The van der Waals surface area contributed by atoms with Crippen LogP contribution in [0.1, 0.15) is 54.3 Å². The number of nitrogens with zero attached hydrogens (tertiary/aromatic N) is 2. The Labute approximate surface area is 118 Å². The molecular formula is C15H21N3O2. The van der Waals surface area contributed by atoms with Crippen LogP contribution < -0.4 is 5.32 Å². The molecule has 0 radical (unpaired) electrons. The highest BCUT2D eigenvalue weighted by Gasteiger charge is 2.31. The molecule has 1 aromatic heterocycles. The summed E-state index contributed by atoms with van der Waals surface area (Å²) in [6, 6.07) is 2.08. The Hall–Kier alpha value is -1.36. The monoisotopic (exact) mass is 275 g/mol. The van der Waals surface area contributed by atoms with Crippen molar-refractivity contribution in [3.8, 4) is 0 Å². The number of likely N-dealkylation sites (tertiary alicyclic amines) is 1. The van der Waals surface area contributed by atoms with Crippen LogP contribution in [-0.2, 0) is 0 Å². The molecule has 2 heterocycles. The van der Waals surface area contributed by atoms with Gasteiger partial charge in [-0.25, -0.2) is 0 Å². The number of rotatable bonds is 5. The Morgan fingerprint density at radius 3 is 2.95 bits per heavy atom. The van der Waals surface area contributed by atoms with Gasteiger partial charge in [-0.2, -0.15) is 0 Å². The number of nitrogens with one attached hydrogen (secondary N) is 1. The fraction of sp³-hybridized carbons (Fsp3) is 0.733. The van der Waals surface area contributed by atoms with Crippen molar-refractivity contribution in [1.82, 2.24) is 15.4 Å². The van der Waals surface area contributed by atoms with E-state index in [0.29, 0.717) is 11.6 Å². The van der Waals surface area contributed by atoms with E-state index in [-0.39, 0.29) is 11.9 Å². The fourth-order valence-electron chi connectivity index (χ4n) is 3.00. The van der Waals surface area contributed by atoms with Crippen molar-refractivity contribution >= 4 is 5.91 Å². The van der Waals surface area contributed by atoms with E-state index in [2.05, 4.69) is 15.4 Å². The highest BCUT2D eigenvalue weighted by atomic mass is 16.5. The molecule has 4 rings (SSSR count). The van der Waals surface area contributed by atoms with Gasteiger partial charge in [0.05, 0.1) is 0 Å². The predicted octanol–water partition coefficient (Wildman–Crippen LogP) is 1.77. The number of hydrogen-bond acceptors (Lipinski definition) is 4. The number of carbonyl (C=O) groups excluding carboxylic acids is 1. The van der Waals surface area contributed by atoms with Crippen LogP contribution >= 0.6 is 0 Å². The minimum absolute atomic E-state index is 0.0843. The van der Waals surface area contributed by atoms with Crippen LogP contribution in [0.25, 0.3) is 0 Å². The second-order valence-electron chi connectivity index (χ2n) is 6.55. The second kappa shape index (κ2) is 4.88. The molecule has 1 atom stereocenters. The lowest BCUT2D eigenvalue weighted by Gasteiger charge is -2.15. The Balaban J connectivity index is 1.30. The minimum atomic E-state index is -0.0843. The third kappa shape index (κ3) is 2.73. The summed E-state index contributed by atoms with van der Waals surface area (Å²) >= 11 is 0. The average molecular weight is 275 g/mol. The summed E-state index contributed by atoms with van der Waals surface area (Å²) in [4.78, 5) is 14.6. The van der Waals surface area contributed by atoms with Gasteiger partial charge in [-0.3, -0.25) is 4.79 Å². The molecule has 0 unspecified atom stereocenters. The number of amides is 1. The summed E-state index contributed by atoms with van der Waals surface area (Å²) in [5.74, 6) is 2.21. The van der Waals surface area contributed by atoms with Crippen LogP contribution in [0.3, 0.4) is 0 Å². The Kier molecular flexibility index (Phi) is 3.02. The Bertz CT molecular complexity index is 505. The molecule has 1 amide bonds. The van der Waals surface area contributed by atoms with Gasteiger partial charge in [0.15, 0.2) is 5.69 Å². The summed E-state index contributed by atoms with van der Waals surface area (Å²) in [5.41, 5.74) is 0.438. The van der Waals surface area contributed by atoms with Gasteiger partial charge in [-0.05, 0) is 38.0 Å². The third-order valence-electron chi connectivity index (χ3n) is 4.56. The molecule has 0 aromatic carbocycles. The van der Waals surface area contributed by atoms with Gasteiger partial charge < -0.3 is 14.7 Å². The highest BCUT2D eigenvalue weighted by molar-refractivity contribution is 5.92. The largest absolute Gasteiger partial charge is 0.360 e. The molecule has 2 saturated carbocycles. The van der Waals surface area contributed by atoms with Gasteiger partial charge in [0.1, 0.15) is 5.76 Å². The first-order chi connectivity index (χ1) is 9.78. The lowest BCUT2D eigenvalue weighted by atomic mass is 10.2. The molecule has 108 valence electrons. The number of hydrogen-bond donors (Lipinski definition) is 1. The quantitative estimate of drug-likeness (QED) is 0.889. The summed E-state index contributed by atoms with van der Waals surface area (Å²) < 4.78 is 5.23. The molecule has 0 bridgehead atoms. The summed E-state index contributed by atoms with van der Waals surface area (Å²) in [6.45, 7) is 3.30. The molecule has 5 nitrogen and oxygen atoms in total. The van der Waals surface area contributed by atoms with Gasteiger partial charge in [-0.1, -0.05) is 5.16 Å². The zero-order valence-electron chi connectivity index (χ0n) is 11.7. The van der Waals surface area contributed by atoms with Crippen molar-refractivity contribution in [1.29, 1.82) is 0 Å². The van der Waals surface area contributed by atoms with E-state index < -0.39 is 0 Å². The highest BCUT2D eigenvalue weighted by Crippen LogP contribution is 2.40. The molecular weight excluding hydrogens is 254 g/mol. The molecule has 1 saturated heterocycles. The van der Waals surface area contributed by atoms with E-state index in [1.165, 1.54) is 19.4 Å². The molecule has 5 heteroatoms. The maximum Gasteiger partial charge on any atom is 0.273 e. The van der Waals surface area contributed by atoms with Crippen LogP contribution in [0, 0.1) is 5.92 Å². The fourth-order valence-corrected chi connectivity index (χ4v) is 3.00. The zero-order chi connectivity index (χ0) is 13.5. The predicted molar refractivity (Wildman–Crippen MR) is 73.5 cm³/mol. The van der Waals surface area contributed by atoms with Gasteiger partial charge in [0.25, 0.3) is 5.91 Å². The van der Waals surface area contributed by atoms with Crippen molar-refractivity contribution in [2.75, 3.05) is 19.6 Å². The van der Waals surface area contributed by atoms with E-state index in [1.807, 2.05) is 6.07 Å². The Morgan fingerprint density at radius 1 is 1.35 bits per heavy atom. The molecule has 3 aliphatic rings. The molecule has 3 fully saturated rings. The molecule has 20 heavy (non-hydrogen) atoms. The standard InChI is InChI=1S/C15H21N3O2/c19-15(13-7-14(20-17-13)11-3-4-11)16-12-5-6-18(9-12)8-10-1-2-10/h7,10-12H,1-6,8-9H2,(H,16,19)/t12-/m0/s1. The number of aromatic nitrogens is 1. The van der Waals surface area contributed by atoms with Crippen LogP contribution in [0.4, 0.5) is 0 Å². The minimum Gasteiger partial charge on any atom is -0.360 e. The first kappa shape index (κ1) is 12.4. The Morgan fingerprint density at radius 2 is 2.20 bits per heavy atom. The average Bonchev–Trinajstić information content (AvgIpc) is 3.35. The van der Waals surface area contributed by atoms with Crippen molar-refractivity contribution in [2.45, 2.75) is 44.1 Å². The first-order valence-corrected chi connectivity index (χ1v) is 7.78. The van der Waals surface area contributed by atoms with E-state index in [0.717, 1.165) is 44.0 Å². The third-order valence-corrected chi connectivity index (χ3v) is 4.56. The van der Waals surface area contributed by atoms with Crippen molar-refractivity contribution in [2.24, 2.45) is 5.92 Å². The van der Waals surface area contributed by atoms with Gasteiger partial charge in [0.2, 0.25) is 0 Å². The lowest BCUT2D eigenvalue weighted by Crippen LogP contribution is -2.37. The first-order valence-electron chi connectivity index (χ1n) is 7.78. The van der Waals surface area contributed by atoms with E-state index in [9.17, 15) is 4.79 Å². The maximum atomic E-state index is 12.1. The summed E-state index contributed by atoms with van der Waals surface area (Å²) in [5, 5.41) is 6.98. The van der Waals surface area contributed by atoms with Gasteiger partial charge >= 0.3 is 0 Å². The summed E-state index contributed by atoms with van der Waals surface area (Å²) in [7, 11) is 0. The SMILES string of the molecule is O=C(N[C@H]1CCN(CC2CC2)C1)c1cc(C2CC2)on1. The molecule has 2 aliphatic carbocycles. The molecule has 1 aromatic rings. The van der Waals surface area contributed by atoms with Crippen molar-refractivity contribution < 1.29 is 9.32 Å². The second-order valence-corrected chi connectivity index (χ2v) is 6.55. The zero-order valence-corrected chi connectivity index (χ0v) is 11.7. The smallest absolute Gasteiger partial charge is 0.273 e. The van der Waals surface area contributed by atoms with Crippen LogP contribution in [0.5, 0.6) is 0 Å². The van der Waals surface area contributed by atoms with E-state index in [1.54, 1.807) is 0 Å². The lowest BCUT2D eigenvalue weighted by molar-refractivity contribution is 0.0928. The van der Waals surface area contributed by atoms with E-state index in [4.69, 9.17) is 4.52 Å². The topological polar surface area (TPSA) is 58.4 Å². The van der Waals surface area contributed by atoms with Crippen LogP contribution in [0.15, 0.2) is 10.6 Å².